The molecule has 5 aliphatic rings. The Kier molecular flexibility index (Phi) is 5.92. The first-order valence-corrected chi connectivity index (χ1v) is 12.7. The third-order valence-electron chi connectivity index (χ3n) is 8.64. The van der Waals surface area contributed by atoms with Gasteiger partial charge >= 0.3 is 13.2 Å². The van der Waals surface area contributed by atoms with Crippen molar-refractivity contribution in [1.29, 1.82) is 0 Å². The zero-order valence-corrected chi connectivity index (χ0v) is 22.0. The van der Waals surface area contributed by atoms with E-state index in [9.17, 15) is 9.59 Å². The fourth-order valence-electron chi connectivity index (χ4n) is 6.65. The van der Waals surface area contributed by atoms with Crippen LogP contribution in [-0.4, -0.2) is 59.9 Å². The number of carbonyl (C=O) groups is 2. The zero-order chi connectivity index (χ0) is 24.6. The van der Waals surface area contributed by atoms with Gasteiger partial charge in [0.25, 0.3) is 0 Å². The summed E-state index contributed by atoms with van der Waals surface area (Å²) in [6.45, 7) is 18.9. The Morgan fingerprint density at radius 2 is 1.79 bits per heavy atom. The molecule has 6 atom stereocenters. The van der Waals surface area contributed by atoms with Crippen LogP contribution in [0.4, 0.5) is 4.79 Å². The molecule has 1 N–H and O–H groups in total. The lowest BCUT2D eigenvalue weighted by molar-refractivity contribution is -0.199. The van der Waals surface area contributed by atoms with Gasteiger partial charge in [-0.25, -0.2) is 4.79 Å². The van der Waals surface area contributed by atoms with E-state index in [4.69, 9.17) is 14.0 Å². The monoisotopic (exact) mass is 462 g/mol. The second-order valence-electron chi connectivity index (χ2n) is 13.5. The molecule has 0 radical (unpaired) electrons. The molecule has 0 aromatic rings. The number of nitrogens with one attached hydrogen (secondary N) is 1. The molecule has 2 unspecified atom stereocenters. The Balaban J connectivity index is 1.49. The third-order valence-corrected chi connectivity index (χ3v) is 8.64. The van der Waals surface area contributed by atoms with Crippen molar-refractivity contribution in [3.05, 3.63) is 0 Å². The first-order valence-electron chi connectivity index (χ1n) is 12.7. The average molecular weight is 462 g/mol. The molecule has 7 nitrogen and oxygen atoms in total. The molecule has 5 rings (SSSR count). The molecule has 2 bridgehead atoms. The van der Waals surface area contributed by atoms with Crippen molar-refractivity contribution >= 4 is 19.1 Å². The van der Waals surface area contributed by atoms with E-state index in [1.807, 2.05) is 46.4 Å². The van der Waals surface area contributed by atoms with Crippen LogP contribution in [0.5, 0.6) is 0 Å². The number of amides is 2. The van der Waals surface area contributed by atoms with Crippen LogP contribution in [0.1, 0.15) is 88.0 Å². The van der Waals surface area contributed by atoms with Crippen molar-refractivity contribution < 1.29 is 23.6 Å². The molecule has 2 heterocycles. The van der Waals surface area contributed by atoms with Gasteiger partial charge in [-0.3, -0.25) is 4.79 Å². The van der Waals surface area contributed by atoms with Crippen LogP contribution in [0.15, 0.2) is 0 Å². The van der Waals surface area contributed by atoms with Crippen molar-refractivity contribution in [2.45, 2.75) is 117 Å². The highest BCUT2D eigenvalue weighted by Gasteiger charge is 2.69. The largest absolute Gasteiger partial charge is 0.481 e. The summed E-state index contributed by atoms with van der Waals surface area (Å²) in [6, 6.07) is -0.695. The number of nitrogens with zero attached hydrogens (tertiary/aromatic N) is 1. The highest BCUT2D eigenvalue weighted by Crippen LogP contribution is 2.66. The molecule has 2 saturated heterocycles. The van der Waals surface area contributed by atoms with E-state index in [1.54, 1.807) is 0 Å². The van der Waals surface area contributed by atoms with Crippen molar-refractivity contribution in [3.63, 3.8) is 0 Å². The number of hydrogen-bond donors (Lipinski definition) is 1. The van der Waals surface area contributed by atoms with E-state index < -0.39 is 30.3 Å². The van der Waals surface area contributed by atoms with Crippen molar-refractivity contribution in [2.24, 2.45) is 22.7 Å². The van der Waals surface area contributed by atoms with Crippen molar-refractivity contribution in [1.82, 2.24) is 10.2 Å². The molecule has 0 aromatic heterocycles. The minimum Gasteiger partial charge on any atom is -0.444 e. The Morgan fingerprint density at radius 3 is 2.36 bits per heavy atom. The first-order chi connectivity index (χ1) is 15.0. The lowest BCUT2D eigenvalue weighted by atomic mass is 9.43. The number of rotatable bonds is 3. The average Bonchev–Trinajstić information content (AvgIpc) is 3.26. The predicted octanol–water partition coefficient (Wildman–Crippen LogP) is 4.18. The topological polar surface area (TPSA) is 77.1 Å². The molecule has 33 heavy (non-hydrogen) atoms. The highest BCUT2D eigenvalue weighted by atomic mass is 16.7. The Morgan fingerprint density at radius 1 is 1.12 bits per heavy atom. The van der Waals surface area contributed by atoms with Crippen molar-refractivity contribution in [2.75, 3.05) is 6.54 Å². The molecule has 0 aromatic carbocycles. The second kappa shape index (κ2) is 7.87. The third kappa shape index (κ3) is 4.31. The molecule has 8 heteroatoms. The van der Waals surface area contributed by atoms with E-state index in [1.165, 1.54) is 6.42 Å². The van der Waals surface area contributed by atoms with Crippen molar-refractivity contribution in [3.8, 4) is 0 Å². The van der Waals surface area contributed by atoms with Gasteiger partial charge in [-0.05, 0) is 76.0 Å². The SMILES string of the molecule is CC(C)(C)OC(=O)N[C@H](C(=O)N1CCC[C@H]1B1O[C@@H]2CC3CC(C3(C)C)[C@]2(C)O1)C(C)(C)C. The summed E-state index contributed by atoms with van der Waals surface area (Å²) in [5, 5.41) is 2.85. The lowest BCUT2D eigenvalue weighted by Gasteiger charge is -2.64. The van der Waals surface area contributed by atoms with Gasteiger partial charge in [0.1, 0.15) is 11.6 Å². The highest BCUT2D eigenvalue weighted by molar-refractivity contribution is 6.48. The van der Waals surface area contributed by atoms with Gasteiger partial charge in [0.05, 0.1) is 17.6 Å². The maximum Gasteiger partial charge on any atom is 0.481 e. The summed E-state index contributed by atoms with van der Waals surface area (Å²) in [5.74, 6) is 0.950. The summed E-state index contributed by atoms with van der Waals surface area (Å²) < 4.78 is 18.6. The molecule has 2 aliphatic heterocycles. The summed E-state index contributed by atoms with van der Waals surface area (Å²) in [6.07, 6.45) is 3.51. The fraction of sp³-hybridized carbons (Fsp3) is 0.920. The normalized spacial score (nSPS) is 36.2. The Bertz CT molecular complexity index is 804. The quantitative estimate of drug-likeness (QED) is 0.637. The number of hydrogen-bond acceptors (Lipinski definition) is 5. The second-order valence-corrected chi connectivity index (χ2v) is 13.5. The van der Waals surface area contributed by atoms with Crippen LogP contribution in [0.3, 0.4) is 0 Å². The van der Waals surface area contributed by atoms with Gasteiger partial charge in [0, 0.05) is 6.54 Å². The smallest absolute Gasteiger partial charge is 0.444 e. The maximum absolute atomic E-state index is 13.8. The summed E-state index contributed by atoms with van der Waals surface area (Å²) in [5.41, 5.74) is -1.11. The summed E-state index contributed by atoms with van der Waals surface area (Å²) >= 11 is 0. The minimum absolute atomic E-state index is 0.0901. The molecule has 0 spiro atoms. The van der Waals surface area contributed by atoms with Crippen LogP contribution in [-0.2, 0) is 18.8 Å². The Labute approximate surface area is 199 Å². The first kappa shape index (κ1) is 24.8. The van der Waals surface area contributed by atoms with Crippen LogP contribution < -0.4 is 5.32 Å². The Hall–Kier alpha value is -1.28. The van der Waals surface area contributed by atoms with Gasteiger partial charge in [0.2, 0.25) is 5.91 Å². The maximum atomic E-state index is 13.8. The fourth-order valence-corrected chi connectivity index (χ4v) is 6.65. The molecular weight excluding hydrogens is 419 g/mol. The summed E-state index contributed by atoms with van der Waals surface area (Å²) in [7, 11) is -0.413. The lowest BCUT2D eigenvalue weighted by Crippen LogP contribution is -2.65. The van der Waals surface area contributed by atoms with Gasteiger partial charge in [-0.15, -0.1) is 0 Å². The molecule has 186 valence electrons. The molecular formula is C25H43BN2O5. The van der Waals surface area contributed by atoms with Gasteiger partial charge in [0.15, 0.2) is 0 Å². The predicted molar refractivity (Wildman–Crippen MR) is 127 cm³/mol. The van der Waals surface area contributed by atoms with Crippen LogP contribution in [0.2, 0.25) is 0 Å². The molecule has 5 fully saturated rings. The molecule has 3 aliphatic carbocycles. The number of ether oxygens (including phenoxy) is 1. The van der Waals surface area contributed by atoms with Crippen LogP contribution in [0, 0.1) is 22.7 Å². The number of likely N-dealkylation sites (tertiary alicyclic amines) is 1. The van der Waals surface area contributed by atoms with Crippen LogP contribution >= 0.6 is 0 Å². The van der Waals surface area contributed by atoms with Crippen LogP contribution in [0.25, 0.3) is 0 Å². The van der Waals surface area contributed by atoms with Gasteiger partial charge < -0.3 is 24.3 Å². The van der Waals surface area contributed by atoms with E-state index in [-0.39, 0.29) is 29.0 Å². The standard InChI is InChI=1S/C25H43BN2O5/c1-22(2,3)19(27-21(30)31-23(4,5)6)20(29)28-12-10-11-18(28)26-32-17-14-15-13-16(24(15,7)8)25(17,9)33-26/h15-19H,10-14H2,1-9H3,(H,27,30)/t15?,16?,17-,18+,19-,25+/m1/s1. The summed E-state index contributed by atoms with van der Waals surface area (Å²) in [4.78, 5) is 28.2. The zero-order valence-electron chi connectivity index (χ0n) is 22.0. The molecule has 3 saturated carbocycles. The van der Waals surface area contributed by atoms with E-state index in [0.29, 0.717) is 18.4 Å². The minimum atomic E-state index is -0.695. The van der Waals surface area contributed by atoms with Gasteiger partial charge in [-0.2, -0.15) is 0 Å². The number of alkyl carbamates (subject to hydrolysis) is 1. The van der Waals surface area contributed by atoms with E-state index in [2.05, 4.69) is 26.1 Å². The van der Waals surface area contributed by atoms with E-state index in [0.717, 1.165) is 19.3 Å². The van der Waals surface area contributed by atoms with Gasteiger partial charge in [-0.1, -0.05) is 34.6 Å². The van der Waals surface area contributed by atoms with E-state index >= 15 is 0 Å². The molecule has 2 amide bonds. The number of carbonyl (C=O) groups excluding carboxylic acids is 2.